The number of nitrogens with zero attached hydrogens (tertiary/aromatic N) is 2. The van der Waals surface area contributed by atoms with Crippen LogP contribution >= 0.6 is 24.4 Å². The molecule has 0 aliphatic rings. The Morgan fingerprint density at radius 2 is 1.05 bits per heavy atom. The molecule has 0 saturated heterocycles. The first-order valence-electron chi connectivity index (χ1n) is 6.21. The number of hydrogen-bond acceptors (Lipinski definition) is 4. The van der Waals surface area contributed by atoms with Crippen molar-refractivity contribution >= 4 is 47.1 Å². The van der Waals surface area contributed by atoms with Gasteiger partial charge in [0.25, 0.3) is 0 Å². The molecule has 0 aromatic heterocycles. The van der Waals surface area contributed by atoms with Gasteiger partial charge in [0.05, 0.1) is 12.4 Å². The smallest absolute Gasteiger partial charge is 0.187 e. The van der Waals surface area contributed by atoms with E-state index >= 15 is 0 Å². The maximum Gasteiger partial charge on any atom is 0.187 e. The molecule has 0 saturated carbocycles. The molecule has 114 valence electrons. The Bertz CT molecular complexity index is 352. The van der Waals surface area contributed by atoms with Crippen molar-refractivity contribution in [2.75, 3.05) is 0 Å². The second-order valence-electron chi connectivity index (χ2n) is 6.19. The van der Waals surface area contributed by atoms with Gasteiger partial charge in [-0.25, -0.2) is 0 Å². The lowest BCUT2D eigenvalue weighted by molar-refractivity contribution is 0.507. The van der Waals surface area contributed by atoms with Gasteiger partial charge < -0.3 is 10.6 Å². The molecule has 0 atom stereocenters. The second kappa shape index (κ2) is 8.11. The quantitative estimate of drug-likeness (QED) is 0.359. The van der Waals surface area contributed by atoms with Crippen molar-refractivity contribution in [3.8, 4) is 0 Å². The predicted octanol–water partition coefficient (Wildman–Crippen LogP) is 1.48. The van der Waals surface area contributed by atoms with Crippen molar-refractivity contribution in [1.82, 2.24) is 21.5 Å². The Labute approximate surface area is 131 Å². The summed E-state index contributed by atoms with van der Waals surface area (Å²) < 4.78 is 0. The first-order valence-corrected chi connectivity index (χ1v) is 7.02. The van der Waals surface area contributed by atoms with Crippen LogP contribution in [-0.4, -0.2) is 33.7 Å². The zero-order valence-electron chi connectivity index (χ0n) is 12.9. The Kier molecular flexibility index (Phi) is 7.59. The van der Waals surface area contributed by atoms with Gasteiger partial charge in [-0.15, -0.1) is 0 Å². The fraction of sp³-hybridized carbons (Fsp3) is 0.667. The predicted molar refractivity (Wildman–Crippen MR) is 94.2 cm³/mol. The molecule has 0 bridgehead atoms. The highest BCUT2D eigenvalue weighted by Gasteiger charge is 2.10. The lowest BCUT2D eigenvalue weighted by atomic mass is 10.1. The summed E-state index contributed by atoms with van der Waals surface area (Å²) in [5.41, 5.74) is 5.18. The van der Waals surface area contributed by atoms with Crippen molar-refractivity contribution < 1.29 is 0 Å². The molecule has 0 amide bonds. The highest BCUT2D eigenvalue weighted by Crippen LogP contribution is 1.97. The van der Waals surface area contributed by atoms with Gasteiger partial charge in [0.15, 0.2) is 10.2 Å². The lowest BCUT2D eigenvalue weighted by Crippen LogP contribution is -2.45. The summed E-state index contributed by atoms with van der Waals surface area (Å²) >= 11 is 10.1. The van der Waals surface area contributed by atoms with E-state index in [4.69, 9.17) is 24.4 Å². The van der Waals surface area contributed by atoms with E-state index < -0.39 is 0 Å². The van der Waals surface area contributed by atoms with Gasteiger partial charge in [-0.1, -0.05) is 0 Å². The third-order valence-electron chi connectivity index (χ3n) is 1.52. The Hall–Kier alpha value is -1.28. The third kappa shape index (κ3) is 13.2. The average Bonchev–Trinajstić information content (AvgIpc) is 2.17. The molecule has 0 aliphatic carbocycles. The normalized spacial score (nSPS) is 12.5. The number of nitrogens with one attached hydrogen (secondary N) is 4. The van der Waals surface area contributed by atoms with Crippen LogP contribution in [0, 0.1) is 0 Å². The van der Waals surface area contributed by atoms with Crippen LogP contribution in [0.2, 0.25) is 0 Å². The van der Waals surface area contributed by atoms with Crippen LogP contribution in [0.5, 0.6) is 0 Å². The van der Waals surface area contributed by atoms with E-state index in [2.05, 4.69) is 31.7 Å². The van der Waals surface area contributed by atoms with Crippen LogP contribution in [0.4, 0.5) is 0 Å². The summed E-state index contributed by atoms with van der Waals surface area (Å²) in [5, 5.41) is 14.8. The van der Waals surface area contributed by atoms with Gasteiger partial charge >= 0.3 is 0 Å². The molecule has 0 heterocycles. The van der Waals surface area contributed by atoms with Gasteiger partial charge in [-0.2, -0.15) is 10.2 Å². The van der Waals surface area contributed by atoms with Gasteiger partial charge in [0.2, 0.25) is 0 Å². The van der Waals surface area contributed by atoms with Gasteiger partial charge in [-0.05, 0) is 66.0 Å². The van der Waals surface area contributed by atoms with Crippen molar-refractivity contribution in [3.05, 3.63) is 0 Å². The van der Waals surface area contributed by atoms with Crippen molar-refractivity contribution in [1.29, 1.82) is 0 Å². The van der Waals surface area contributed by atoms with Crippen LogP contribution in [0.15, 0.2) is 10.2 Å². The summed E-state index contributed by atoms with van der Waals surface area (Å²) in [6.45, 7) is 12.1. The van der Waals surface area contributed by atoms with Gasteiger partial charge in [0.1, 0.15) is 0 Å². The van der Waals surface area contributed by atoms with E-state index in [1.54, 1.807) is 0 Å². The SMILES string of the molecule is CC(C)(C)NC(=S)N/N=C\C=N/NC(=S)NC(C)(C)C. The van der Waals surface area contributed by atoms with E-state index in [1.807, 2.05) is 41.5 Å². The fourth-order valence-electron chi connectivity index (χ4n) is 0.996. The molecule has 0 fully saturated rings. The van der Waals surface area contributed by atoms with Crippen molar-refractivity contribution in [2.24, 2.45) is 10.2 Å². The third-order valence-corrected chi connectivity index (χ3v) is 1.91. The summed E-state index contributed by atoms with van der Waals surface area (Å²) in [7, 11) is 0. The first-order chi connectivity index (χ1) is 8.99. The van der Waals surface area contributed by atoms with E-state index in [0.29, 0.717) is 10.2 Å². The number of hydrazone groups is 2. The molecule has 8 heteroatoms. The summed E-state index contributed by atoms with van der Waals surface area (Å²) in [4.78, 5) is 0. The molecular weight excluding hydrogens is 292 g/mol. The average molecular weight is 317 g/mol. The molecule has 6 nitrogen and oxygen atoms in total. The van der Waals surface area contributed by atoms with Crippen LogP contribution in [0.1, 0.15) is 41.5 Å². The Balaban J connectivity index is 3.93. The summed E-state index contributed by atoms with van der Waals surface area (Å²) in [6, 6.07) is 0. The van der Waals surface area contributed by atoms with E-state index in [1.165, 1.54) is 12.4 Å². The van der Waals surface area contributed by atoms with E-state index in [-0.39, 0.29) is 11.1 Å². The molecule has 4 N–H and O–H groups in total. The molecule has 0 spiro atoms. The maximum atomic E-state index is 5.05. The van der Waals surface area contributed by atoms with Crippen LogP contribution in [-0.2, 0) is 0 Å². The van der Waals surface area contributed by atoms with Gasteiger partial charge in [0, 0.05) is 11.1 Å². The summed E-state index contributed by atoms with van der Waals surface area (Å²) in [6.07, 6.45) is 2.95. The highest BCUT2D eigenvalue weighted by molar-refractivity contribution is 7.80. The molecule has 0 aromatic rings. The van der Waals surface area contributed by atoms with E-state index in [0.717, 1.165) is 0 Å². The molecule has 0 aromatic carbocycles. The molecule has 0 rings (SSSR count). The first kappa shape index (κ1) is 18.7. The minimum atomic E-state index is -0.0972. The minimum Gasteiger partial charge on any atom is -0.357 e. The van der Waals surface area contributed by atoms with Crippen molar-refractivity contribution in [2.45, 2.75) is 52.6 Å². The second-order valence-corrected chi connectivity index (χ2v) is 7.00. The monoisotopic (exact) mass is 316 g/mol. The largest absolute Gasteiger partial charge is 0.357 e. The number of hydrogen-bond donors (Lipinski definition) is 4. The standard InChI is InChI=1S/C12H24N6S2/c1-11(2,3)15-9(19)17-13-7-8-14-18-10(20)16-12(4,5)6/h7-8H,1-6H3,(H2,15,17,19)(H2,16,18,20)/b13-7-,14-8-. The Morgan fingerprint density at radius 1 is 0.750 bits per heavy atom. The van der Waals surface area contributed by atoms with Crippen molar-refractivity contribution in [3.63, 3.8) is 0 Å². The zero-order valence-corrected chi connectivity index (χ0v) is 14.5. The minimum absolute atomic E-state index is 0.0972. The van der Waals surface area contributed by atoms with E-state index in [9.17, 15) is 0 Å². The van der Waals surface area contributed by atoms with Crippen LogP contribution < -0.4 is 21.5 Å². The molecule has 0 radical (unpaired) electrons. The molecule has 0 unspecified atom stereocenters. The van der Waals surface area contributed by atoms with Crippen LogP contribution in [0.25, 0.3) is 0 Å². The zero-order chi connectivity index (χ0) is 15.8. The topological polar surface area (TPSA) is 72.8 Å². The summed E-state index contributed by atoms with van der Waals surface area (Å²) in [5.74, 6) is 0. The molecular formula is C12H24N6S2. The number of thiocarbonyl (C=S) groups is 2. The highest BCUT2D eigenvalue weighted by atomic mass is 32.1. The molecule has 20 heavy (non-hydrogen) atoms. The lowest BCUT2D eigenvalue weighted by Gasteiger charge is -2.21. The maximum absolute atomic E-state index is 5.05. The molecule has 0 aliphatic heterocycles. The number of rotatable bonds is 3. The fourth-order valence-corrected chi connectivity index (χ4v) is 1.71. The Morgan fingerprint density at radius 3 is 1.30 bits per heavy atom. The van der Waals surface area contributed by atoms with Gasteiger partial charge in [-0.3, -0.25) is 10.9 Å². The van der Waals surface area contributed by atoms with Crippen LogP contribution in [0.3, 0.4) is 0 Å².